The SMILES string of the molecule is CCC(N)C(Oc1cc(C)ccc1F)c1cccc(F)c1. The number of halogens is 2. The average molecular weight is 291 g/mol. The zero-order chi connectivity index (χ0) is 15.4. The Bertz CT molecular complexity index is 615. The van der Waals surface area contributed by atoms with Gasteiger partial charge in [0.15, 0.2) is 11.6 Å². The summed E-state index contributed by atoms with van der Waals surface area (Å²) in [6.07, 6.45) is 0.0382. The molecule has 0 amide bonds. The second kappa shape index (κ2) is 6.68. The van der Waals surface area contributed by atoms with Crippen molar-refractivity contribution in [3.63, 3.8) is 0 Å². The highest BCUT2D eigenvalue weighted by atomic mass is 19.1. The first-order chi connectivity index (χ1) is 10.0. The lowest BCUT2D eigenvalue weighted by atomic mass is 10.0. The molecule has 2 unspecified atom stereocenters. The van der Waals surface area contributed by atoms with Crippen LogP contribution in [0.15, 0.2) is 42.5 Å². The topological polar surface area (TPSA) is 35.2 Å². The minimum atomic E-state index is -0.595. The van der Waals surface area contributed by atoms with E-state index in [4.69, 9.17) is 10.5 Å². The zero-order valence-corrected chi connectivity index (χ0v) is 12.1. The molecule has 0 aromatic heterocycles. The Morgan fingerprint density at radius 1 is 1.14 bits per heavy atom. The van der Waals surface area contributed by atoms with Gasteiger partial charge in [-0.2, -0.15) is 0 Å². The molecule has 2 aromatic carbocycles. The molecule has 0 bridgehead atoms. The molecule has 2 N–H and O–H groups in total. The summed E-state index contributed by atoms with van der Waals surface area (Å²) in [6, 6.07) is 10.3. The van der Waals surface area contributed by atoms with E-state index < -0.39 is 11.9 Å². The molecule has 0 spiro atoms. The zero-order valence-electron chi connectivity index (χ0n) is 12.1. The van der Waals surface area contributed by atoms with Gasteiger partial charge in [-0.1, -0.05) is 25.1 Å². The minimum absolute atomic E-state index is 0.133. The Balaban J connectivity index is 2.35. The molecule has 0 saturated heterocycles. The number of ether oxygens (including phenoxy) is 1. The Morgan fingerprint density at radius 3 is 2.57 bits per heavy atom. The van der Waals surface area contributed by atoms with Gasteiger partial charge in [0.25, 0.3) is 0 Å². The molecule has 0 aliphatic heterocycles. The summed E-state index contributed by atoms with van der Waals surface area (Å²) in [5.74, 6) is -0.687. The summed E-state index contributed by atoms with van der Waals surface area (Å²) >= 11 is 0. The summed E-state index contributed by atoms with van der Waals surface area (Å²) in [5.41, 5.74) is 7.55. The first kappa shape index (κ1) is 15.4. The predicted octanol–water partition coefficient (Wildman–Crippen LogP) is 4.13. The second-order valence-corrected chi connectivity index (χ2v) is 5.10. The third-order valence-corrected chi connectivity index (χ3v) is 3.38. The van der Waals surface area contributed by atoms with Crippen molar-refractivity contribution in [2.45, 2.75) is 32.4 Å². The standard InChI is InChI=1S/C17H19F2NO/c1-3-15(20)17(12-5-4-6-13(18)10-12)21-16-9-11(2)7-8-14(16)19/h4-10,15,17H,3,20H2,1-2H3. The van der Waals surface area contributed by atoms with Crippen LogP contribution in [0.2, 0.25) is 0 Å². The average Bonchev–Trinajstić information content (AvgIpc) is 2.47. The number of hydrogen-bond donors (Lipinski definition) is 1. The number of aryl methyl sites for hydroxylation is 1. The van der Waals surface area contributed by atoms with Gasteiger partial charge in [-0.15, -0.1) is 0 Å². The number of benzene rings is 2. The maximum Gasteiger partial charge on any atom is 0.165 e. The van der Waals surface area contributed by atoms with E-state index in [1.165, 1.54) is 18.2 Å². The van der Waals surface area contributed by atoms with Crippen LogP contribution < -0.4 is 10.5 Å². The van der Waals surface area contributed by atoms with Gasteiger partial charge in [0.1, 0.15) is 11.9 Å². The molecule has 2 rings (SSSR count). The normalized spacial score (nSPS) is 13.8. The third-order valence-electron chi connectivity index (χ3n) is 3.38. The molecule has 0 saturated carbocycles. The van der Waals surface area contributed by atoms with Gasteiger partial charge >= 0.3 is 0 Å². The largest absolute Gasteiger partial charge is 0.481 e. The summed E-state index contributed by atoms with van der Waals surface area (Å²) in [7, 11) is 0. The van der Waals surface area contributed by atoms with Crippen LogP contribution in [0.1, 0.15) is 30.6 Å². The fraction of sp³-hybridized carbons (Fsp3) is 0.294. The molecule has 4 heteroatoms. The van der Waals surface area contributed by atoms with Crippen molar-refractivity contribution in [2.24, 2.45) is 5.73 Å². The molecule has 2 nitrogen and oxygen atoms in total. The van der Waals surface area contributed by atoms with Gasteiger partial charge in [0.05, 0.1) is 0 Å². The highest BCUT2D eigenvalue weighted by Gasteiger charge is 2.22. The van der Waals surface area contributed by atoms with Crippen LogP contribution in [0.4, 0.5) is 8.78 Å². The monoisotopic (exact) mass is 291 g/mol. The van der Waals surface area contributed by atoms with Crippen LogP contribution in [-0.2, 0) is 0 Å². The third kappa shape index (κ3) is 3.79. The molecule has 112 valence electrons. The molecule has 0 heterocycles. The quantitative estimate of drug-likeness (QED) is 0.899. The van der Waals surface area contributed by atoms with E-state index in [0.29, 0.717) is 12.0 Å². The van der Waals surface area contributed by atoms with Crippen molar-refractivity contribution < 1.29 is 13.5 Å². The van der Waals surface area contributed by atoms with E-state index >= 15 is 0 Å². The summed E-state index contributed by atoms with van der Waals surface area (Å²) in [6.45, 7) is 3.76. The molecule has 0 aliphatic rings. The van der Waals surface area contributed by atoms with Crippen molar-refractivity contribution in [3.8, 4) is 5.75 Å². The van der Waals surface area contributed by atoms with Gasteiger partial charge < -0.3 is 10.5 Å². The molecular formula is C17H19F2NO. The van der Waals surface area contributed by atoms with E-state index in [-0.39, 0.29) is 17.6 Å². The molecule has 0 fully saturated rings. The Hall–Kier alpha value is -1.94. The fourth-order valence-corrected chi connectivity index (χ4v) is 2.14. The van der Waals surface area contributed by atoms with Crippen LogP contribution in [0.25, 0.3) is 0 Å². The van der Waals surface area contributed by atoms with Crippen molar-refractivity contribution >= 4 is 0 Å². The van der Waals surface area contributed by atoms with Gasteiger partial charge in [-0.05, 0) is 48.7 Å². The smallest absolute Gasteiger partial charge is 0.165 e. The summed E-state index contributed by atoms with van der Waals surface area (Å²) in [5, 5.41) is 0. The van der Waals surface area contributed by atoms with Gasteiger partial charge in [0, 0.05) is 6.04 Å². The summed E-state index contributed by atoms with van der Waals surface area (Å²) in [4.78, 5) is 0. The highest BCUT2D eigenvalue weighted by molar-refractivity contribution is 5.31. The van der Waals surface area contributed by atoms with Crippen LogP contribution in [0.5, 0.6) is 5.75 Å². The van der Waals surface area contributed by atoms with Crippen molar-refractivity contribution in [3.05, 3.63) is 65.2 Å². The minimum Gasteiger partial charge on any atom is -0.481 e. The van der Waals surface area contributed by atoms with Crippen LogP contribution in [-0.4, -0.2) is 6.04 Å². The molecule has 2 aromatic rings. The summed E-state index contributed by atoms with van der Waals surface area (Å²) < 4.78 is 33.0. The second-order valence-electron chi connectivity index (χ2n) is 5.10. The van der Waals surface area contributed by atoms with Gasteiger partial charge in [0.2, 0.25) is 0 Å². The Morgan fingerprint density at radius 2 is 1.90 bits per heavy atom. The first-order valence-electron chi connectivity index (χ1n) is 6.95. The molecule has 0 radical (unpaired) electrons. The van der Waals surface area contributed by atoms with Crippen molar-refractivity contribution in [1.29, 1.82) is 0 Å². The maximum atomic E-state index is 13.9. The Kier molecular flexibility index (Phi) is 4.91. The lowest BCUT2D eigenvalue weighted by Crippen LogP contribution is -2.31. The van der Waals surface area contributed by atoms with Crippen molar-refractivity contribution in [2.75, 3.05) is 0 Å². The lowest BCUT2D eigenvalue weighted by Gasteiger charge is -2.25. The van der Waals surface area contributed by atoms with Crippen LogP contribution in [0, 0.1) is 18.6 Å². The van der Waals surface area contributed by atoms with E-state index in [0.717, 1.165) is 5.56 Å². The number of rotatable bonds is 5. The molecule has 21 heavy (non-hydrogen) atoms. The fourth-order valence-electron chi connectivity index (χ4n) is 2.14. The Labute approximate surface area is 123 Å². The van der Waals surface area contributed by atoms with E-state index in [9.17, 15) is 8.78 Å². The number of hydrogen-bond acceptors (Lipinski definition) is 2. The number of nitrogens with two attached hydrogens (primary N) is 1. The van der Waals surface area contributed by atoms with E-state index in [1.54, 1.807) is 24.3 Å². The first-order valence-corrected chi connectivity index (χ1v) is 6.95. The van der Waals surface area contributed by atoms with Crippen LogP contribution in [0.3, 0.4) is 0 Å². The van der Waals surface area contributed by atoms with E-state index in [1.807, 2.05) is 13.8 Å². The molecule has 0 aliphatic carbocycles. The lowest BCUT2D eigenvalue weighted by molar-refractivity contribution is 0.163. The molecular weight excluding hydrogens is 272 g/mol. The maximum absolute atomic E-state index is 13.9. The van der Waals surface area contributed by atoms with Gasteiger partial charge in [-0.3, -0.25) is 0 Å². The van der Waals surface area contributed by atoms with Crippen LogP contribution >= 0.6 is 0 Å². The highest BCUT2D eigenvalue weighted by Crippen LogP contribution is 2.28. The van der Waals surface area contributed by atoms with Gasteiger partial charge in [-0.25, -0.2) is 8.78 Å². The van der Waals surface area contributed by atoms with Crippen molar-refractivity contribution in [1.82, 2.24) is 0 Å². The predicted molar refractivity (Wildman–Crippen MR) is 79.2 cm³/mol. The van der Waals surface area contributed by atoms with E-state index in [2.05, 4.69) is 0 Å². The molecule has 2 atom stereocenters.